The van der Waals surface area contributed by atoms with Crippen LogP contribution in [0.4, 0.5) is 5.69 Å². The van der Waals surface area contributed by atoms with Gasteiger partial charge in [0.1, 0.15) is 0 Å². The van der Waals surface area contributed by atoms with Crippen LogP contribution in [-0.4, -0.2) is 20.7 Å². The summed E-state index contributed by atoms with van der Waals surface area (Å²) in [5.74, 6) is 0.397. The largest absolute Gasteiger partial charge is 0.319 e. The molecule has 4 rings (SSSR count). The fourth-order valence-electron chi connectivity index (χ4n) is 3.13. The number of hydrogen-bond acceptors (Lipinski definition) is 3. The molecule has 0 saturated heterocycles. The van der Waals surface area contributed by atoms with Gasteiger partial charge in [-0.1, -0.05) is 57.9 Å². The molecular formula is C24H21BrN4O. The lowest BCUT2D eigenvalue weighted by Crippen LogP contribution is -2.14. The van der Waals surface area contributed by atoms with Crippen LogP contribution in [-0.2, 0) is 0 Å². The molecule has 0 aliphatic carbocycles. The van der Waals surface area contributed by atoms with E-state index >= 15 is 0 Å². The van der Waals surface area contributed by atoms with Crippen molar-refractivity contribution in [2.24, 2.45) is 0 Å². The molecule has 0 aliphatic heterocycles. The van der Waals surface area contributed by atoms with Crippen molar-refractivity contribution in [3.63, 3.8) is 0 Å². The molecule has 3 aromatic carbocycles. The van der Waals surface area contributed by atoms with Crippen LogP contribution in [0.5, 0.6) is 0 Å². The lowest BCUT2D eigenvalue weighted by Gasteiger charge is -2.10. The first-order valence-corrected chi connectivity index (χ1v) is 10.4. The van der Waals surface area contributed by atoms with Crippen LogP contribution in [0, 0.1) is 20.8 Å². The number of rotatable bonds is 4. The van der Waals surface area contributed by atoms with Crippen molar-refractivity contribution in [2.45, 2.75) is 20.8 Å². The Labute approximate surface area is 183 Å². The number of aromatic nitrogens is 3. The maximum absolute atomic E-state index is 12.9. The molecule has 1 N–H and O–H groups in total. The predicted molar refractivity (Wildman–Crippen MR) is 123 cm³/mol. The van der Waals surface area contributed by atoms with Crippen molar-refractivity contribution in [3.8, 4) is 17.1 Å². The first-order valence-electron chi connectivity index (χ1n) is 9.59. The van der Waals surface area contributed by atoms with Gasteiger partial charge in [0, 0.05) is 15.7 Å². The Bertz CT molecular complexity index is 1210. The zero-order chi connectivity index (χ0) is 21.3. The molecule has 0 atom stereocenters. The van der Waals surface area contributed by atoms with Gasteiger partial charge in [0.05, 0.1) is 5.69 Å². The summed E-state index contributed by atoms with van der Waals surface area (Å²) in [7, 11) is 0. The molecule has 1 aromatic heterocycles. The average molecular weight is 461 g/mol. The second-order valence-corrected chi connectivity index (χ2v) is 8.20. The summed E-state index contributed by atoms with van der Waals surface area (Å²) in [4.78, 5) is 17.5. The van der Waals surface area contributed by atoms with E-state index in [0.717, 1.165) is 32.4 Å². The van der Waals surface area contributed by atoms with E-state index in [1.54, 1.807) is 4.68 Å². The molecule has 6 heteroatoms. The molecule has 0 unspecified atom stereocenters. The molecule has 1 heterocycles. The Balaban J connectivity index is 1.79. The Morgan fingerprint density at radius 3 is 2.27 bits per heavy atom. The third kappa shape index (κ3) is 4.19. The van der Waals surface area contributed by atoms with Gasteiger partial charge in [-0.25, -0.2) is 9.67 Å². The van der Waals surface area contributed by atoms with Gasteiger partial charge in [0.25, 0.3) is 5.91 Å². The van der Waals surface area contributed by atoms with Gasteiger partial charge >= 0.3 is 0 Å². The van der Waals surface area contributed by atoms with Crippen LogP contribution in [0.3, 0.4) is 0 Å². The van der Waals surface area contributed by atoms with Crippen LogP contribution in [0.25, 0.3) is 17.1 Å². The standard InChI is InChI=1S/C24H21BrN4O/c1-15-5-8-18(9-6-15)23-27-22(24(30)26-20-12-10-19(25)11-13-20)28-29(23)21-14-16(2)4-7-17(21)3/h4-14H,1-3H3,(H,26,30). The second-order valence-electron chi connectivity index (χ2n) is 7.29. The van der Waals surface area contributed by atoms with Crippen LogP contribution in [0.1, 0.15) is 27.3 Å². The Kier molecular flexibility index (Phi) is 5.50. The van der Waals surface area contributed by atoms with Crippen molar-refractivity contribution in [1.82, 2.24) is 14.8 Å². The van der Waals surface area contributed by atoms with Gasteiger partial charge in [0.2, 0.25) is 5.82 Å². The molecule has 0 radical (unpaired) electrons. The Hall–Kier alpha value is -3.25. The maximum atomic E-state index is 12.9. The number of nitrogens with one attached hydrogen (secondary N) is 1. The first kappa shape index (κ1) is 20.0. The highest BCUT2D eigenvalue weighted by atomic mass is 79.9. The van der Waals surface area contributed by atoms with Crippen molar-refractivity contribution in [3.05, 3.63) is 93.7 Å². The van der Waals surface area contributed by atoms with Crippen LogP contribution in [0.15, 0.2) is 71.2 Å². The van der Waals surface area contributed by atoms with Crippen molar-refractivity contribution in [2.75, 3.05) is 5.32 Å². The van der Waals surface area contributed by atoms with Gasteiger partial charge in [-0.2, -0.15) is 0 Å². The zero-order valence-corrected chi connectivity index (χ0v) is 18.6. The van der Waals surface area contributed by atoms with E-state index in [4.69, 9.17) is 0 Å². The van der Waals surface area contributed by atoms with E-state index in [2.05, 4.69) is 43.5 Å². The van der Waals surface area contributed by atoms with Gasteiger partial charge < -0.3 is 5.32 Å². The SMILES string of the molecule is Cc1ccc(-c2nc(C(=O)Nc3ccc(Br)cc3)nn2-c2cc(C)ccc2C)cc1. The van der Waals surface area contributed by atoms with Crippen LogP contribution >= 0.6 is 15.9 Å². The summed E-state index contributed by atoms with van der Waals surface area (Å²) in [6.07, 6.45) is 0. The molecule has 1 amide bonds. The summed E-state index contributed by atoms with van der Waals surface area (Å²) >= 11 is 3.40. The highest BCUT2D eigenvalue weighted by molar-refractivity contribution is 9.10. The minimum Gasteiger partial charge on any atom is -0.319 e. The number of carbonyl (C=O) groups excluding carboxylic acids is 1. The zero-order valence-electron chi connectivity index (χ0n) is 17.0. The topological polar surface area (TPSA) is 59.8 Å². The summed E-state index contributed by atoms with van der Waals surface area (Å²) in [6, 6.07) is 21.6. The predicted octanol–water partition coefficient (Wildman–Crippen LogP) is 5.87. The molecule has 4 aromatic rings. The van der Waals surface area contributed by atoms with Crippen molar-refractivity contribution < 1.29 is 4.79 Å². The van der Waals surface area contributed by atoms with E-state index in [0.29, 0.717) is 11.5 Å². The van der Waals surface area contributed by atoms with Gasteiger partial charge in [-0.3, -0.25) is 4.79 Å². The van der Waals surface area contributed by atoms with E-state index in [-0.39, 0.29) is 11.7 Å². The number of aryl methyl sites for hydroxylation is 3. The maximum Gasteiger partial charge on any atom is 0.295 e. The lowest BCUT2D eigenvalue weighted by atomic mass is 10.1. The van der Waals surface area contributed by atoms with E-state index < -0.39 is 0 Å². The number of benzene rings is 3. The lowest BCUT2D eigenvalue weighted by molar-refractivity contribution is 0.101. The van der Waals surface area contributed by atoms with Crippen molar-refractivity contribution in [1.29, 1.82) is 0 Å². The first-order chi connectivity index (χ1) is 14.4. The summed E-state index contributed by atoms with van der Waals surface area (Å²) in [5.41, 5.74) is 5.81. The third-order valence-electron chi connectivity index (χ3n) is 4.81. The third-order valence-corrected chi connectivity index (χ3v) is 5.34. The molecule has 0 saturated carbocycles. The molecule has 0 fully saturated rings. The summed E-state index contributed by atoms with van der Waals surface area (Å²) in [6.45, 7) is 6.10. The highest BCUT2D eigenvalue weighted by Gasteiger charge is 2.20. The average Bonchev–Trinajstić information content (AvgIpc) is 3.17. The quantitative estimate of drug-likeness (QED) is 0.413. The smallest absolute Gasteiger partial charge is 0.295 e. The molecule has 0 bridgehead atoms. The van der Waals surface area contributed by atoms with Gasteiger partial charge in [-0.15, -0.1) is 5.10 Å². The molecule has 30 heavy (non-hydrogen) atoms. The summed E-state index contributed by atoms with van der Waals surface area (Å²) < 4.78 is 2.70. The number of hydrogen-bond donors (Lipinski definition) is 1. The Morgan fingerprint density at radius 1 is 0.900 bits per heavy atom. The minimum absolute atomic E-state index is 0.120. The highest BCUT2D eigenvalue weighted by Crippen LogP contribution is 2.25. The van der Waals surface area contributed by atoms with Crippen LogP contribution in [0.2, 0.25) is 0 Å². The normalized spacial score (nSPS) is 10.8. The summed E-state index contributed by atoms with van der Waals surface area (Å²) in [5, 5.41) is 7.45. The van der Waals surface area contributed by atoms with E-state index in [1.807, 2.05) is 75.4 Å². The number of amides is 1. The monoisotopic (exact) mass is 460 g/mol. The number of halogens is 1. The van der Waals surface area contributed by atoms with E-state index in [1.165, 1.54) is 0 Å². The minimum atomic E-state index is -0.352. The molecule has 150 valence electrons. The van der Waals surface area contributed by atoms with Crippen LogP contribution < -0.4 is 5.32 Å². The number of nitrogens with zero attached hydrogens (tertiary/aromatic N) is 3. The van der Waals surface area contributed by atoms with Gasteiger partial charge in [-0.05, 0) is 62.2 Å². The van der Waals surface area contributed by atoms with Crippen molar-refractivity contribution >= 4 is 27.5 Å². The second kappa shape index (κ2) is 8.24. The number of carbonyl (C=O) groups is 1. The molecule has 0 aliphatic rings. The fourth-order valence-corrected chi connectivity index (χ4v) is 3.40. The van der Waals surface area contributed by atoms with Gasteiger partial charge in [0.15, 0.2) is 5.82 Å². The molecular weight excluding hydrogens is 440 g/mol. The number of anilines is 1. The molecule has 5 nitrogen and oxygen atoms in total. The molecule has 0 spiro atoms. The Morgan fingerprint density at radius 2 is 1.57 bits per heavy atom. The fraction of sp³-hybridized carbons (Fsp3) is 0.125. The van der Waals surface area contributed by atoms with E-state index in [9.17, 15) is 4.79 Å².